The lowest BCUT2D eigenvalue weighted by Crippen LogP contribution is -2.35. The van der Waals surface area contributed by atoms with Crippen molar-refractivity contribution in [3.63, 3.8) is 0 Å². The van der Waals surface area contributed by atoms with Crippen LogP contribution in [-0.2, 0) is 7.05 Å². The largest absolute Gasteiger partial charge is 0.393 e. The Kier molecular flexibility index (Phi) is 7.94. The predicted octanol–water partition coefficient (Wildman–Crippen LogP) is 3.44. The van der Waals surface area contributed by atoms with E-state index in [0.29, 0.717) is 22.6 Å². The van der Waals surface area contributed by atoms with Crippen molar-refractivity contribution in [2.45, 2.75) is 25.0 Å². The van der Waals surface area contributed by atoms with E-state index in [-0.39, 0.29) is 24.0 Å². The third kappa shape index (κ3) is 6.22. The van der Waals surface area contributed by atoms with Crippen LogP contribution in [-0.4, -0.2) is 51.9 Å². The fourth-order valence-electron chi connectivity index (χ4n) is 4.80. The number of aryl methyl sites for hydroxylation is 1. The Morgan fingerprint density at radius 3 is 2.33 bits per heavy atom. The van der Waals surface area contributed by atoms with E-state index in [1.165, 1.54) is 4.68 Å². The maximum atomic E-state index is 12.8. The molecule has 5 rings (SSSR count). The highest BCUT2D eigenvalue weighted by Crippen LogP contribution is 2.23. The number of hydrogen-bond donors (Lipinski definition) is 4. The third-order valence-electron chi connectivity index (χ3n) is 7.12. The van der Waals surface area contributed by atoms with Gasteiger partial charge in [-0.1, -0.05) is 6.08 Å². The first-order valence-corrected chi connectivity index (χ1v) is 13.2. The van der Waals surface area contributed by atoms with Crippen LogP contribution in [0.3, 0.4) is 0 Å². The highest BCUT2D eigenvalue weighted by molar-refractivity contribution is 6.03. The minimum absolute atomic E-state index is 0.233. The molecule has 204 valence electrons. The lowest BCUT2D eigenvalue weighted by atomic mass is 9.94. The molecule has 0 bridgehead atoms. The van der Waals surface area contributed by atoms with Crippen molar-refractivity contribution in [3.8, 4) is 6.07 Å². The summed E-state index contributed by atoms with van der Waals surface area (Å²) in [6, 6.07) is 18.3. The number of piperidine rings is 1. The Bertz CT molecular complexity index is 1460. The summed E-state index contributed by atoms with van der Waals surface area (Å²) in [4.78, 5) is 27.4. The van der Waals surface area contributed by atoms with Crippen molar-refractivity contribution in [1.82, 2.24) is 15.1 Å². The predicted molar refractivity (Wildman–Crippen MR) is 153 cm³/mol. The van der Waals surface area contributed by atoms with Gasteiger partial charge < -0.3 is 26.0 Å². The van der Waals surface area contributed by atoms with Crippen molar-refractivity contribution in [2.75, 3.05) is 28.6 Å². The molecule has 2 atom stereocenters. The highest BCUT2D eigenvalue weighted by Gasteiger charge is 2.22. The number of aliphatic hydroxyl groups excluding tert-OH is 1. The average molecular weight is 538 g/mol. The van der Waals surface area contributed by atoms with Crippen LogP contribution in [0.25, 0.3) is 0 Å². The molecule has 2 heterocycles. The Labute approximate surface area is 232 Å². The molecule has 40 heavy (non-hydrogen) atoms. The van der Waals surface area contributed by atoms with Crippen molar-refractivity contribution >= 4 is 28.9 Å². The van der Waals surface area contributed by atoms with E-state index in [1.54, 1.807) is 55.7 Å². The summed E-state index contributed by atoms with van der Waals surface area (Å²) >= 11 is 0. The molecule has 2 aliphatic rings. The number of carbonyl (C=O) groups is 2. The highest BCUT2D eigenvalue weighted by atomic mass is 16.3. The summed E-state index contributed by atoms with van der Waals surface area (Å²) in [6.07, 6.45) is 8.21. The quantitative estimate of drug-likeness (QED) is 0.363. The van der Waals surface area contributed by atoms with E-state index in [4.69, 9.17) is 0 Å². The molecule has 10 nitrogen and oxygen atoms in total. The van der Waals surface area contributed by atoms with E-state index in [9.17, 15) is 20.0 Å². The summed E-state index contributed by atoms with van der Waals surface area (Å²) in [5.41, 5.74) is 4.01. The molecule has 1 aromatic heterocycles. The third-order valence-corrected chi connectivity index (χ3v) is 7.12. The number of aliphatic hydroxyl groups is 1. The zero-order valence-electron chi connectivity index (χ0n) is 22.1. The molecule has 1 aliphatic heterocycles. The van der Waals surface area contributed by atoms with Gasteiger partial charge in [0.05, 0.1) is 24.1 Å². The second-order valence-corrected chi connectivity index (χ2v) is 9.90. The van der Waals surface area contributed by atoms with Crippen molar-refractivity contribution in [2.24, 2.45) is 13.0 Å². The zero-order valence-corrected chi connectivity index (χ0v) is 22.1. The van der Waals surface area contributed by atoms with Gasteiger partial charge >= 0.3 is 0 Å². The number of nitriles is 1. The second kappa shape index (κ2) is 11.9. The molecule has 2 amide bonds. The van der Waals surface area contributed by atoms with Crippen LogP contribution in [0.2, 0.25) is 0 Å². The van der Waals surface area contributed by atoms with Crippen LogP contribution in [0.1, 0.15) is 33.7 Å². The first-order chi connectivity index (χ1) is 19.4. The van der Waals surface area contributed by atoms with Gasteiger partial charge in [-0.3, -0.25) is 14.3 Å². The molecular weight excluding hydrogens is 506 g/mol. The number of rotatable bonds is 7. The van der Waals surface area contributed by atoms with Gasteiger partial charge in [0.25, 0.3) is 11.8 Å². The van der Waals surface area contributed by atoms with Crippen LogP contribution in [0.5, 0.6) is 0 Å². The molecule has 1 saturated heterocycles. The number of nitrogens with one attached hydrogen (secondary N) is 3. The SMILES string of the molecule is Cn1nccc1C(=O)Nc1ccc(NC2C=CC(NC(=O)c3ccc(N4CCC(O)CC4)cc3)=CC2C#N)cc1. The van der Waals surface area contributed by atoms with Crippen molar-refractivity contribution < 1.29 is 14.7 Å². The van der Waals surface area contributed by atoms with Crippen LogP contribution < -0.4 is 20.9 Å². The first-order valence-electron chi connectivity index (χ1n) is 13.2. The Morgan fingerprint density at radius 2 is 1.68 bits per heavy atom. The molecule has 0 saturated carbocycles. The molecule has 1 aliphatic carbocycles. The van der Waals surface area contributed by atoms with Crippen LogP contribution in [0.15, 0.2) is 84.7 Å². The van der Waals surface area contributed by atoms with Gasteiger partial charge in [-0.25, -0.2) is 0 Å². The monoisotopic (exact) mass is 537 g/mol. The Morgan fingerprint density at radius 1 is 0.975 bits per heavy atom. The average Bonchev–Trinajstić information content (AvgIpc) is 3.41. The van der Waals surface area contributed by atoms with Gasteiger partial charge in [-0.2, -0.15) is 10.4 Å². The Hall–Kier alpha value is -4.88. The number of amides is 2. The minimum atomic E-state index is -0.499. The van der Waals surface area contributed by atoms with Crippen LogP contribution >= 0.6 is 0 Å². The van der Waals surface area contributed by atoms with E-state index >= 15 is 0 Å². The number of nitrogens with zero attached hydrogens (tertiary/aromatic N) is 4. The van der Waals surface area contributed by atoms with Gasteiger partial charge in [0.15, 0.2) is 0 Å². The molecular formula is C30H31N7O3. The molecule has 0 radical (unpaired) electrons. The molecule has 2 unspecified atom stereocenters. The van der Waals surface area contributed by atoms with E-state index in [1.807, 2.05) is 30.3 Å². The number of carbonyl (C=O) groups excluding carboxylic acids is 2. The number of allylic oxidation sites excluding steroid dienone is 1. The fourth-order valence-corrected chi connectivity index (χ4v) is 4.80. The van der Waals surface area contributed by atoms with Crippen molar-refractivity contribution in [1.29, 1.82) is 5.26 Å². The van der Waals surface area contributed by atoms with E-state index in [2.05, 4.69) is 32.0 Å². The fraction of sp³-hybridized carbons (Fsp3) is 0.267. The molecule has 2 aromatic carbocycles. The van der Waals surface area contributed by atoms with E-state index in [0.717, 1.165) is 37.3 Å². The summed E-state index contributed by atoms with van der Waals surface area (Å²) in [5, 5.41) is 32.6. The van der Waals surface area contributed by atoms with Gasteiger partial charge in [0, 0.05) is 54.7 Å². The molecule has 0 spiro atoms. The van der Waals surface area contributed by atoms with Gasteiger partial charge in [0.2, 0.25) is 0 Å². The standard InChI is InChI=1S/C30H31N7O3/c1-36-28(12-15-32-36)30(40)34-23-6-4-22(5-7-23)33-27-11-8-24(18-21(27)19-31)35-29(39)20-2-9-25(10-3-20)37-16-13-26(38)14-17-37/h2-12,15,18,21,26-27,33,38H,13-14,16-17H2,1H3,(H,34,40)(H,35,39). The smallest absolute Gasteiger partial charge is 0.273 e. The summed E-state index contributed by atoms with van der Waals surface area (Å²) in [5.74, 6) is -0.997. The van der Waals surface area contributed by atoms with Crippen molar-refractivity contribution in [3.05, 3.63) is 96.0 Å². The topological polar surface area (TPSA) is 135 Å². The maximum Gasteiger partial charge on any atom is 0.273 e. The summed E-state index contributed by atoms with van der Waals surface area (Å²) in [6.45, 7) is 1.59. The lowest BCUT2D eigenvalue weighted by molar-refractivity contribution is 0.0965. The number of aromatic nitrogens is 2. The van der Waals surface area contributed by atoms with E-state index < -0.39 is 5.92 Å². The van der Waals surface area contributed by atoms with Gasteiger partial charge in [-0.05, 0) is 79.6 Å². The summed E-state index contributed by atoms with van der Waals surface area (Å²) in [7, 11) is 1.71. The number of hydrogen-bond acceptors (Lipinski definition) is 7. The molecule has 3 aromatic rings. The zero-order chi connectivity index (χ0) is 28.1. The number of benzene rings is 2. The molecule has 1 fully saturated rings. The van der Waals surface area contributed by atoms with Gasteiger partial charge in [-0.15, -0.1) is 0 Å². The van der Waals surface area contributed by atoms with Gasteiger partial charge in [0.1, 0.15) is 5.69 Å². The first kappa shape index (κ1) is 26.7. The van der Waals surface area contributed by atoms with Crippen LogP contribution in [0, 0.1) is 17.2 Å². The molecule has 4 N–H and O–H groups in total. The minimum Gasteiger partial charge on any atom is -0.393 e. The number of anilines is 3. The normalized spacial score (nSPS) is 18.9. The lowest BCUT2D eigenvalue weighted by Gasteiger charge is -2.31. The second-order valence-electron chi connectivity index (χ2n) is 9.90. The van der Waals surface area contributed by atoms with Crippen LogP contribution in [0.4, 0.5) is 17.1 Å². The molecule has 10 heteroatoms. The maximum absolute atomic E-state index is 12.8. The summed E-state index contributed by atoms with van der Waals surface area (Å²) < 4.78 is 1.51. The Balaban J connectivity index is 1.15.